The molecule has 0 aromatic carbocycles. The van der Waals surface area contributed by atoms with E-state index in [0.29, 0.717) is 39.5 Å². The van der Waals surface area contributed by atoms with Crippen molar-refractivity contribution in [3.05, 3.63) is 0 Å². The van der Waals surface area contributed by atoms with Gasteiger partial charge in [0.1, 0.15) is 0 Å². The summed E-state index contributed by atoms with van der Waals surface area (Å²) in [7, 11) is 2.21. The van der Waals surface area contributed by atoms with Crippen LogP contribution in [0.1, 0.15) is 141 Å². The van der Waals surface area contributed by atoms with E-state index in [1.54, 1.807) is 0 Å². The molecule has 0 aromatic heterocycles. The van der Waals surface area contributed by atoms with Crippen LogP contribution in [-0.2, 0) is 23.7 Å². The summed E-state index contributed by atoms with van der Waals surface area (Å²) in [5, 5.41) is 9.53. The fourth-order valence-electron chi connectivity index (χ4n) is 7.74. The van der Waals surface area contributed by atoms with Gasteiger partial charge in [0.05, 0.1) is 36.6 Å². The van der Waals surface area contributed by atoms with Crippen LogP contribution in [0, 0.1) is 21.7 Å². The molecular formula is C39H79NO6. The van der Waals surface area contributed by atoms with Gasteiger partial charge in [0.15, 0.2) is 0 Å². The minimum absolute atomic E-state index is 0.0848. The number of ether oxygens (including phenoxy) is 5. The SMILES string of the molecule is CCN(C)CC(C)(C)CC(C)(C)CC(C)(C)OCCC(C)(C)OCC1(C)CCOCCCOCCC(C)(COC(C)(C)CCO)C1. The number of rotatable bonds is 19. The standard InChI is InChI=1S/C39H79NO6/c1-15-40(14)30-34(4,5)27-33(2,3)28-37(10,11)44-26-18-36(8,9)46-32-39(13)20-25-43-23-16-22-42-24-19-38(12,29-39)31-45-35(6,7)17-21-41/h41H,15-32H2,1-14H3. The summed E-state index contributed by atoms with van der Waals surface area (Å²) >= 11 is 0. The van der Waals surface area contributed by atoms with Gasteiger partial charge in [-0.15, -0.1) is 0 Å². The van der Waals surface area contributed by atoms with Crippen molar-refractivity contribution in [2.24, 2.45) is 21.7 Å². The Hall–Kier alpha value is -0.280. The summed E-state index contributed by atoms with van der Waals surface area (Å²) in [6.07, 6.45) is 7.34. The molecule has 7 heteroatoms. The monoisotopic (exact) mass is 658 g/mol. The topological polar surface area (TPSA) is 69.6 Å². The van der Waals surface area contributed by atoms with E-state index in [0.717, 1.165) is 71.2 Å². The highest BCUT2D eigenvalue weighted by atomic mass is 16.5. The lowest BCUT2D eigenvalue weighted by Gasteiger charge is -2.43. The molecule has 0 saturated carbocycles. The van der Waals surface area contributed by atoms with Crippen molar-refractivity contribution >= 4 is 0 Å². The molecule has 0 spiro atoms. The van der Waals surface area contributed by atoms with Crippen molar-refractivity contribution in [1.29, 1.82) is 0 Å². The molecule has 1 aliphatic heterocycles. The maximum atomic E-state index is 9.53. The van der Waals surface area contributed by atoms with Crippen molar-refractivity contribution in [3.8, 4) is 0 Å². The zero-order valence-corrected chi connectivity index (χ0v) is 33.2. The third-order valence-electron chi connectivity index (χ3n) is 9.76. The van der Waals surface area contributed by atoms with E-state index in [9.17, 15) is 5.11 Å². The van der Waals surface area contributed by atoms with Gasteiger partial charge in [-0.25, -0.2) is 0 Å². The van der Waals surface area contributed by atoms with Gasteiger partial charge in [-0.05, 0) is 128 Å². The summed E-state index contributed by atoms with van der Waals surface area (Å²) in [5.74, 6) is 0. The Morgan fingerprint density at radius 1 is 0.674 bits per heavy atom. The van der Waals surface area contributed by atoms with Gasteiger partial charge < -0.3 is 33.7 Å². The Morgan fingerprint density at radius 2 is 1.17 bits per heavy atom. The number of aliphatic hydroxyl groups is 1. The fraction of sp³-hybridized carbons (Fsp3) is 1.00. The Bertz CT molecular complexity index is 840. The predicted molar refractivity (Wildman–Crippen MR) is 193 cm³/mol. The van der Waals surface area contributed by atoms with Gasteiger partial charge in [0, 0.05) is 39.6 Å². The molecule has 1 saturated heterocycles. The molecule has 0 amide bonds. The number of hydrogen-bond acceptors (Lipinski definition) is 7. The van der Waals surface area contributed by atoms with Crippen LogP contribution in [0.4, 0.5) is 0 Å². The lowest BCUT2D eigenvalue weighted by atomic mass is 9.70. The maximum Gasteiger partial charge on any atom is 0.0648 e. The highest BCUT2D eigenvalue weighted by Crippen LogP contribution is 2.43. The smallest absolute Gasteiger partial charge is 0.0648 e. The van der Waals surface area contributed by atoms with Crippen molar-refractivity contribution in [1.82, 2.24) is 4.90 Å². The molecule has 1 rings (SSSR count). The minimum Gasteiger partial charge on any atom is -0.396 e. The Labute approximate surface area is 286 Å². The van der Waals surface area contributed by atoms with Gasteiger partial charge in [0.2, 0.25) is 0 Å². The van der Waals surface area contributed by atoms with Gasteiger partial charge >= 0.3 is 0 Å². The van der Waals surface area contributed by atoms with Crippen LogP contribution in [-0.4, -0.2) is 99.8 Å². The van der Waals surface area contributed by atoms with E-state index in [4.69, 9.17) is 23.7 Å². The molecule has 0 radical (unpaired) electrons. The Morgan fingerprint density at radius 3 is 1.65 bits per heavy atom. The molecule has 1 N–H and O–H groups in total. The minimum atomic E-state index is -0.370. The van der Waals surface area contributed by atoms with Crippen molar-refractivity contribution in [2.75, 3.05) is 73.0 Å². The molecule has 2 unspecified atom stereocenters. The van der Waals surface area contributed by atoms with Gasteiger partial charge in [0.25, 0.3) is 0 Å². The zero-order chi connectivity index (χ0) is 35.3. The van der Waals surface area contributed by atoms with Crippen LogP contribution in [0.3, 0.4) is 0 Å². The number of hydrogen-bond donors (Lipinski definition) is 1. The summed E-state index contributed by atoms with van der Waals surface area (Å²) in [6.45, 7) is 36.6. The van der Waals surface area contributed by atoms with Crippen molar-refractivity contribution < 1.29 is 28.8 Å². The lowest BCUT2D eigenvalue weighted by Crippen LogP contribution is -2.41. The third kappa shape index (κ3) is 19.0. The maximum absolute atomic E-state index is 9.53. The molecule has 0 aromatic rings. The molecule has 1 aliphatic rings. The fourth-order valence-corrected chi connectivity index (χ4v) is 7.74. The van der Waals surface area contributed by atoms with Gasteiger partial charge in [-0.3, -0.25) is 0 Å². The average Bonchev–Trinajstić information content (AvgIpc) is 2.87. The number of nitrogens with zero attached hydrogens (tertiary/aromatic N) is 1. The summed E-state index contributed by atoms with van der Waals surface area (Å²) < 4.78 is 31.8. The first kappa shape index (κ1) is 43.7. The van der Waals surface area contributed by atoms with Crippen LogP contribution in [0.2, 0.25) is 0 Å². The second-order valence-corrected chi connectivity index (χ2v) is 18.8. The van der Waals surface area contributed by atoms with Crippen molar-refractivity contribution in [2.45, 2.75) is 158 Å². The Balaban J connectivity index is 2.86. The van der Waals surface area contributed by atoms with Gasteiger partial charge in [-0.1, -0.05) is 48.5 Å². The lowest BCUT2D eigenvalue weighted by molar-refractivity contribution is -0.122. The van der Waals surface area contributed by atoms with E-state index in [2.05, 4.69) is 102 Å². The van der Waals surface area contributed by atoms with Crippen LogP contribution in [0.5, 0.6) is 0 Å². The number of aliphatic hydroxyl groups excluding tert-OH is 1. The molecule has 2 atom stereocenters. The second kappa shape index (κ2) is 18.6. The Kier molecular flexibility index (Phi) is 17.7. The van der Waals surface area contributed by atoms with Gasteiger partial charge in [-0.2, -0.15) is 0 Å². The van der Waals surface area contributed by atoms with E-state index >= 15 is 0 Å². The molecule has 46 heavy (non-hydrogen) atoms. The molecule has 1 fully saturated rings. The third-order valence-corrected chi connectivity index (χ3v) is 9.76. The molecule has 7 nitrogen and oxygen atoms in total. The predicted octanol–water partition coefficient (Wildman–Crippen LogP) is 8.55. The van der Waals surface area contributed by atoms with Crippen LogP contribution < -0.4 is 0 Å². The first-order valence-corrected chi connectivity index (χ1v) is 18.3. The molecule has 276 valence electrons. The van der Waals surface area contributed by atoms with Crippen molar-refractivity contribution in [3.63, 3.8) is 0 Å². The molecule has 1 heterocycles. The van der Waals surface area contributed by atoms with Crippen LogP contribution in [0.15, 0.2) is 0 Å². The molecule has 0 bridgehead atoms. The molecule has 0 aliphatic carbocycles. The van der Waals surface area contributed by atoms with Crippen LogP contribution >= 0.6 is 0 Å². The second-order valence-electron chi connectivity index (χ2n) is 18.8. The normalized spacial score (nSPS) is 23.7. The zero-order valence-electron chi connectivity index (χ0n) is 33.2. The quantitative estimate of drug-likeness (QED) is 0.149. The highest BCUT2D eigenvalue weighted by molar-refractivity contribution is 4.89. The van der Waals surface area contributed by atoms with E-state index in [-0.39, 0.29) is 45.1 Å². The largest absolute Gasteiger partial charge is 0.396 e. The summed E-state index contributed by atoms with van der Waals surface area (Å²) in [5.41, 5.74) is -0.646. The molecular weight excluding hydrogens is 578 g/mol. The van der Waals surface area contributed by atoms with E-state index < -0.39 is 0 Å². The summed E-state index contributed by atoms with van der Waals surface area (Å²) in [6, 6.07) is 0. The van der Waals surface area contributed by atoms with E-state index in [1.807, 2.05) is 0 Å². The van der Waals surface area contributed by atoms with E-state index in [1.165, 1.54) is 0 Å². The first-order chi connectivity index (χ1) is 21.0. The van der Waals surface area contributed by atoms with Crippen LogP contribution in [0.25, 0.3) is 0 Å². The highest BCUT2D eigenvalue weighted by Gasteiger charge is 2.39. The summed E-state index contributed by atoms with van der Waals surface area (Å²) in [4.78, 5) is 2.41. The average molecular weight is 658 g/mol. The first-order valence-electron chi connectivity index (χ1n) is 18.3.